The molecule has 1 aromatic heterocycles. The Hall–Kier alpha value is -2.13. The number of amides is 1. The Morgan fingerprint density at radius 2 is 1.82 bits per heavy atom. The second-order valence-corrected chi connectivity index (χ2v) is 10.3. The Morgan fingerprint density at radius 1 is 1.09 bits per heavy atom. The lowest BCUT2D eigenvalue weighted by atomic mass is 9.86. The lowest BCUT2D eigenvalue weighted by Gasteiger charge is -2.44. The number of hydrogen-bond donors (Lipinski definition) is 0. The van der Waals surface area contributed by atoms with Gasteiger partial charge >= 0.3 is 6.18 Å². The van der Waals surface area contributed by atoms with Crippen LogP contribution >= 0.6 is 11.3 Å². The molecule has 9 heteroatoms. The maximum atomic E-state index is 12.6. The van der Waals surface area contributed by atoms with Crippen LogP contribution in [0, 0.1) is 0 Å². The van der Waals surface area contributed by atoms with Crippen LogP contribution in [-0.2, 0) is 17.8 Å². The molecule has 1 aliphatic carbocycles. The van der Waals surface area contributed by atoms with E-state index in [0.717, 1.165) is 39.7 Å². The van der Waals surface area contributed by atoms with Crippen LogP contribution in [0.25, 0.3) is 10.6 Å². The van der Waals surface area contributed by atoms with Crippen molar-refractivity contribution in [2.24, 2.45) is 0 Å². The van der Waals surface area contributed by atoms with Crippen LogP contribution in [0.15, 0.2) is 24.3 Å². The minimum absolute atomic E-state index is 0.197. The molecule has 1 amide bonds. The first-order chi connectivity index (χ1) is 15.8. The molecule has 2 aromatic rings. The Balaban J connectivity index is 1.16. The summed E-state index contributed by atoms with van der Waals surface area (Å²) in [7, 11) is 0. The lowest BCUT2D eigenvalue weighted by Crippen LogP contribution is -2.50. The average Bonchev–Trinajstić information content (AvgIpc) is 3.19. The molecule has 33 heavy (non-hydrogen) atoms. The van der Waals surface area contributed by atoms with Crippen LogP contribution < -0.4 is 4.74 Å². The number of halogens is 3. The first-order valence-corrected chi connectivity index (χ1v) is 12.5. The lowest BCUT2D eigenvalue weighted by molar-refractivity contribution is -0.162. The van der Waals surface area contributed by atoms with Gasteiger partial charge in [0.05, 0.1) is 12.2 Å². The van der Waals surface area contributed by atoms with E-state index in [4.69, 9.17) is 4.74 Å². The molecule has 0 bridgehead atoms. The molecule has 0 radical (unpaired) electrons. The van der Waals surface area contributed by atoms with Crippen molar-refractivity contribution < 1.29 is 22.7 Å². The summed E-state index contributed by atoms with van der Waals surface area (Å²) in [6.07, 6.45) is 1.02. The zero-order valence-corrected chi connectivity index (χ0v) is 19.3. The number of likely N-dealkylation sites (tertiary alicyclic amines) is 1. The molecule has 0 unspecified atom stereocenters. The van der Waals surface area contributed by atoms with Crippen molar-refractivity contribution in [3.63, 3.8) is 0 Å². The van der Waals surface area contributed by atoms with E-state index in [1.54, 1.807) is 0 Å². The Kier molecular flexibility index (Phi) is 6.35. The van der Waals surface area contributed by atoms with E-state index in [2.05, 4.69) is 9.88 Å². The smallest absolute Gasteiger partial charge is 0.397 e. The maximum Gasteiger partial charge on any atom is 0.397 e. The molecule has 0 atom stereocenters. The summed E-state index contributed by atoms with van der Waals surface area (Å²) in [6.45, 7) is 2.91. The Morgan fingerprint density at radius 3 is 2.52 bits per heavy atom. The van der Waals surface area contributed by atoms with Crippen LogP contribution in [0.3, 0.4) is 0 Å². The van der Waals surface area contributed by atoms with Gasteiger partial charge in [0.1, 0.15) is 23.3 Å². The van der Waals surface area contributed by atoms with Gasteiger partial charge < -0.3 is 14.5 Å². The van der Waals surface area contributed by atoms with E-state index in [9.17, 15) is 18.0 Å². The third-order valence-corrected chi connectivity index (χ3v) is 7.95. The number of aromatic nitrogens is 1. The summed E-state index contributed by atoms with van der Waals surface area (Å²) in [5, 5.41) is 0.825. The summed E-state index contributed by atoms with van der Waals surface area (Å²) >= 11 is 1.45. The molecule has 1 aromatic carbocycles. The Bertz CT molecular complexity index is 980. The van der Waals surface area contributed by atoms with Gasteiger partial charge in [-0.25, -0.2) is 4.98 Å². The van der Waals surface area contributed by atoms with E-state index in [-0.39, 0.29) is 19.2 Å². The number of piperidine rings is 1. The van der Waals surface area contributed by atoms with E-state index >= 15 is 0 Å². The fourth-order valence-corrected chi connectivity index (χ4v) is 6.03. The fraction of sp³-hybridized carbons (Fsp3) is 0.583. The number of rotatable bonds is 5. The van der Waals surface area contributed by atoms with Crippen LogP contribution in [0.1, 0.15) is 49.1 Å². The highest BCUT2D eigenvalue weighted by molar-refractivity contribution is 7.15. The third kappa shape index (κ3) is 5.35. The third-order valence-electron chi connectivity index (χ3n) is 6.82. The molecule has 3 aliphatic rings. The average molecular weight is 480 g/mol. The van der Waals surface area contributed by atoms with Gasteiger partial charge in [-0.05, 0) is 50.2 Å². The number of ether oxygens (including phenoxy) is 1. The quantitative estimate of drug-likeness (QED) is 0.603. The molecule has 3 heterocycles. The molecular weight excluding hydrogens is 451 g/mol. The van der Waals surface area contributed by atoms with Crippen molar-refractivity contribution in [1.29, 1.82) is 0 Å². The zero-order valence-electron chi connectivity index (χ0n) is 18.4. The predicted octanol–water partition coefficient (Wildman–Crippen LogP) is 5.04. The second-order valence-electron chi connectivity index (χ2n) is 9.23. The molecule has 178 valence electrons. The predicted molar refractivity (Wildman–Crippen MR) is 120 cm³/mol. The minimum Gasteiger partial charge on any atom is -0.490 e. The van der Waals surface area contributed by atoms with E-state index in [1.165, 1.54) is 48.6 Å². The normalized spacial score (nSPS) is 23.7. The summed E-state index contributed by atoms with van der Waals surface area (Å²) in [4.78, 5) is 21.4. The molecule has 1 saturated heterocycles. The van der Waals surface area contributed by atoms with Crippen LogP contribution in [0.5, 0.6) is 5.75 Å². The van der Waals surface area contributed by atoms with Gasteiger partial charge in [-0.2, -0.15) is 13.2 Å². The number of hydrogen-bond acceptors (Lipinski definition) is 5. The summed E-state index contributed by atoms with van der Waals surface area (Å²) in [6, 6.07) is 8.55. The molecule has 5 rings (SSSR count). The van der Waals surface area contributed by atoms with Gasteiger partial charge in [0.15, 0.2) is 0 Å². The zero-order chi connectivity index (χ0) is 23.0. The topological polar surface area (TPSA) is 45.7 Å². The fourth-order valence-electron chi connectivity index (χ4n) is 4.90. The van der Waals surface area contributed by atoms with Gasteiger partial charge in [0.25, 0.3) is 0 Å². The summed E-state index contributed by atoms with van der Waals surface area (Å²) in [5.41, 5.74) is 1.83. The first-order valence-electron chi connectivity index (χ1n) is 11.7. The number of alkyl halides is 3. The molecule has 2 fully saturated rings. The molecular formula is C24H28F3N3O2S. The van der Waals surface area contributed by atoms with E-state index in [0.29, 0.717) is 12.5 Å². The number of benzene rings is 1. The number of fused-ring (bicyclic) bond motifs is 1. The molecule has 2 aliphatic heterocycles. The summed E-state index contributed by atoms with van der Waals surface area (Å²) < 4.78 is 43.8. The SMILES string of the molecule is O=C(CC(F)(F)F)N1CCc2nc(-c3ccc(O[C@H]4C[C@H](N5CCCCC5)C4)cc3)sc2C1. The van der Waals surface area contributed by atoms with Crippen LogP contribution in [-0.4, -0.2) is 58.6 Å². The number of carbonyl (C=O) groups is 1. The monoisotopic (exact) mass is 479 g/mol. The first kappa shape index (κ1) is 22.7. The van der Waals surface area contributed by atoms with Crippen molar-refractivity contribution in [1.82, 2.24) is 14.8 Å². The van der Waals surface area contributed by atoms with Crippen LogP contribution in [0.4, 0.5) is 13.2 Å². The van der Waals surface area contributed by atoms with Crippen molar-refractivity contribution in [2.45, 2.75) is 69.8 Å². The van der Waals surface area contributed by atoms with Gasteiger partial charge in [-0.15, -0.1) is 11.3 Å². The van der Waals surface area contributed by atoms with Gasteiger partial charge in [-0.1, -0.05) is 6.42 Å². The van der Waals surface area contributed by atoms with Crippen molar-refractivity contribution in [2.75, 3.05) is 19.6 Å². The Labute approximate surface area is 195 Å². The summed E-state index contributed by atoms with van der Waals surface area (Å²) in [5.74, 6) is -0.0193. The number of thiazole rings is 1. The number of nitrogens with zero attached hydrogens (tertiary/aromatic N) is 3. The van der Waals surface area contributed by atoms with Crippen molar-refractivity contribution in [3.05, 3.63) is 34.8 Å². The molecule has 0 spiro atoms. The highest BCUT2D eigenvalue weighted by Gasteiger charge is 2.36. The molecule has 1 saturated carbocycles. The largest absolute Gasteiger partial charge is 0.490 e. The second kappa shape index (κ2) is 9.25. The standard InChI is InChI=1S/C24H28F3N3O2S/c25-24(26,27)14-22(31)30-11-8-20-21(15-30)33-23(28-20)16-4-6-18(7-5-16)32-19-12-17(13-19)29-9-2-1-3-10-29/h4-7,17,19H,1-3,8-15H2/t17-,19-. The van der Waals surface area contributed by atoms with Gasteiger partial charge in [0, 0.05) is 42.3 Å². The highest BCUT2D eigenvalue weighted by atomic mass is 32.1. The number of carbonyl (C=O) groups excluding carboxylic acids is 1. The van der Waals surface area contributed by atoms with Crippen molar-refractivity contribution in [3.8, 4) is 16.3 Å². The van der Waals surface area contributed by atoms with Crippen LogP contribution in [0.2, 0.25) is 0 Å². The van der Waals surface area contributed by atoms with E-state index in [1.807, 2.05) is 24.3 Å². The molecule has 0 N–H and O–H groups in total. The van der Waals surface area contributed by atoms with Crippen molar-refractivity contribution >= 4 is 17.2 Å². The minimum atomic E-state index is -4.48. The maximum absolute atomic E-state index is 12.6. The molecule has 5 nitrogen and oxygen atoms in total. The van der Waals surface area contributed by atoms with Gasteiger partial charge in [0.2, 0.25) is 5.91 Å². The van der Waals surface area contributed by atoms with Gasteiger partial charge in [-0.3, -0.25) is 4.79 Å². The van der Waals surface area contributed by atoms with E-state index < -0.39 is 18.5 Å². The highest BCUT2D eigenvalue weighted by Crippen LogP contribution is 2.35.